The highest BCUT2D eigenvalue weighted by Gasteiger charge is 2.44. The minimum atomic E-state index is -5.34. The van der Waals surface area contributed by atoms with Crippen LogP contribution in [0.15, 0.2) is 17.0 Å². The highest BCUT2D eigenvalue weighted by molar-refractivity contribution is 7.86. The fourth-order valence-electron chi connectivity index (χ4n) is 2.73. The molecule has 0 fully saturated rings. The van der Waals surface area contributed by atoms with E-state index in [4.69, 9.17) is 37.9 Å². The summed E-state index contributed by atoms with van der Waals surface area (Å²) in [4.78, 5) is -0.193. The number of rotatable bonds is 9. The van der Waals surface area contributed by atoms with Crippen LogP contribution >= 0.6 is 23.2 Å². The van der Waals surface area contributed by atoms with Crippen LogP contribution in [0.25, 0.3) is 5.69 Å². The van der Waals surface area contributed by atoms with Gasteiger partial charge in [-0.1, -0.05) is 23.2 Å². The van der Waals surface area contributed by atoms with Crippen molar-refractivity contribution in [3.8, 4) is 17.8 Å². The van der Waals surface area contributed by atoms with E-state index in [1.165, 1.54) is 6.07 Å². The Hall–Kier alpha value is -2.56. The van der Waals surface area contributed by atoms with E-state index in [-0.39, 0.29) is 13.0 Å². The molecule has 0 radical (unpaired) electrons. The molecule has 0 N–H and O–H groups in total. The number of hydrogen-bond donors (Lipinski definition) is 0. The van der Waals surface area contributed by atoms with Crippen molar-refractivity contribution in [1.29, 1.82) is 10.5 Å². The predicted octanol–water partition coefficient (Wildman–Crippen LogP) is 5.00. The van der Waals surface area contributed by atoms with Gasteiger partial charge < -0.3 is 14.4 Å². The summed E-state index contributed by atoms with van der Waals surface area (Å²) in [5.74, 6) is -0.681. The number of ether oxygens (including phenoxy) is 2. The number of nitrogens with zero attached hydrogens (tertiary/aromatic N) is 5. The molecule has 0 aliphatic heterocycles. The van der Waals surface area contributed by atoms with Crippen LogP contribution in [0.2, 0.25) is 10.0 Å². The Labute approximate surface area is 206 Å². The second-order valence-corrected chi connectivity index (χ2v) is 8.65. The first kappa shape index (κ1) is 28.7. The highest BCUT2D eigenvalue weighted by atomic mass is 35.5. The number of halogens is 8. The van der Waals surface area contributed by atoms with Gasteiger partial charge in [-0.2, -0.15) is 42.0 Å². The molecular weight excluding hydrogens is 551 g/mol. The summed E-state index contributed by atoms with van der Waals surface area (Å²) in [6.07, 6.45) is -4.93. The van der Waals surface area contributed by atoms with Crippen LogP contribution in [0.3, 0.4) is 0 Å². The molecule has 1 aromatic carbocycles. The van der Waals surface area contributed by atoms with E-state index < -0.39 is 73.6 Å². The molecule has 35 heavy (non-hydrogen) atoms. The Morgan fingerprint density at radius 3 is 2.20 bits per heavy atom. The monoisotopic (exact) mass is 563 g/mol. The molecule has 8 nitrogen and oxygen atoms in total. The van der Waals surface area contributed by atoms with E-state index >= 15 is 0 Å². The standard InChI is InChI=1S/C18H13Cl2F6N5O3S/c1-33-8-30(9-34-4-2-3-27)16-15(35(32)18(24,25)26)13(7-28)29-31(16)14-11(19)5-10(6-12(14)20)17(21,22)23/h5-6H,2,4,8-9H2,1H3. The lowest BCUT2D eigenvalue weighted by Gasteiger charge is -2.26. The molecular formula is C18H13Cl2F6N5O3S. The van der Waals surface area contributed by atoms with Crippen molar-refractivity contribution in [3.05, 3.63) is 33.4 Å². The van der Waals surface area contributed by atoms with Gasteiger partial charge in [-0.25, -0.2) is 8.89 Å². The average molecular weight is 564 g/mol. The summed E-state index contributed by atoms with van der Waals surface area (Å²) < 4.78 is 103. The van der Waals surface area contributed by atoms with Crippen molar-refractivity contribution in [2.75, 3.05) is 32.1 Å². The van der Waals surface area contributed by atoms with Gasteiger partial charge in [0.1, 0.15) is 30.1 Å². The summed E-state index contributed by atoms with van der Waals surface area (Å²) in [7, 11) is -2.66. The predicted molar refractivity (Wildman–Crippen MR) is 111 cm³/mol. The van der Waals surface area contributed by atoms with Crippen LogP contribution in [0.4, 0.5) is 32.2 Å². The van der Waals surface area contributed by atoms with Crippen LogP contribution in [0.1, 0.15) is 17.7 Å². The summed E-state index contributed by atoms with van der Waals surface area (Å²) in [6, 6.07) is 4.10. The molecule has 1 aromatic heterocycles. The van der Waals surface area contributed by atoms with Crippen LogP contribution in [0, 0.1) is 22.7 Å². The average Bonchev–Trinajstić information content (AvgIpc) is 3.12. The maximum atomic E-state index is 13.4. The lowest BCUT2D eigenvalue weighted by Crippen LogP contribution is -2.32. The van der Waals surface area contributed by atoms with Crippen molar-refractivity contribution in [3.63, 3.8) is 0 Å². The third kappa shape index (κ3) is 6.56. The molecule has 0 aliphatic carbocycles. The van der Waals surface area contributed by atoms with Crippen LogP contribution in [-0.4, -0.2) is 46.7 Å². The topological polar surface area (TPSA) is 104 Å². The largest absolute Gasteiger partial charge is 0.476 e. The first-order valence-corrected chi connectivity index (χ1v) is 10.9. The molecule has 0 spiro atoms. The molecule has 0 bridgehead atoms. The van der Waals surface area contributed by atoms with Gasteiger partial charge in [0.15, 0.2) is 22.3 Å². The van der Waals surface area contributed by atoms with Crippen LogP contribution in [0.5, 0.6) is 0 Å². The molecule has 0 aliphatic rings. The Kier molecular flexibility index (Phi) is 9.38. The molecule has 0 amide bonds. The fourth-order valence-corrected chi connectivity index (χ4v) is 4.25. The molecule has 1 unspecified atom stereocenters. The Morgan fingerprint density at radius 1 is 1.14 bits per heavy atom. The first-order chi connectivity index (χ1) is 16.3. The van der Waals surface area contributed by atoms with E-state index in [1.54, 1.807) is 6.07 Å². The smallest absolute Gasteiger partial charge is 0.364 e. The molecule has 1 heterocycles. The maximum Gasteiger partial charge on any atom is 0.476 e. The lowest BCUT2D eigenvalue weighted by molar-refractivity contribution is -0.137. The van der Waals surface area contributed by atoms with Crippen LogP contribution < -0.4 is 4.90 Å². The van der Waals surface area contributed by atoms with Gasteiger partial charge in [0.2, 0.25) is 0 Å². The first-order valence-electron chi connectivity index (χ1n) is 9.04. The number of alkyl halides is 6. The van der Waals surface area contributed by atoms with Crippen molar-refractivity contribution >= 4 is 39.8 Å². The van der Waals surface area contributed by atoms with Gasteiger partial charge in [-0.05, 0) is 12.1 Å². The molecule has 17 heteroatoms. The molecule has 2 aromatic rings. The molecule has 2 rings (SSSR count). The zero-order valence-corrected chi connectivity index (χ0v) is 19.7. The summed E-state index contributed by atoms with van der Waals surface area (Å²) in [5.41, 5.74) is -8.07. The molecule has 1 atom stereocenters. The van der Waals surface area contributed by atoms with Gasteiger partial charge in [0.25, 0.3) is 0 Å². The Balaban J connectivity index is 2.87. The minimum Gasteiger partial charge on any atom is -0.364 e. The van der Waals surface area contributed by atoms with Crippen LogP contribution in [-0.2, 0) is 26.4 Å². The summed E-state index contributed by atoms with van der Waals surface area (Å²) in [6.45, 7) is -1.22. The van der Waals surface area contributed by atoms with Crippen molar-refractivity contribution in [1.82, 2.24) is 9.78 Å². The van der Waals surface area contributed by atoms with E-state index in [2.05, 4.69) is 5.10 Å². The summed E-state index contributed by atoms with van der Waals surface area (Å²) >= 11 is 12.0. The maximum absolute atomic E-state index is 13.4. The normalized spacial score (nSPS) is 12.8. The van der Waals surface area contributed by atoms with E-state index in [0.717, 1.165) is 12.0 Å². The van der Waals surface area contributed by atoms with E-state index in [9.17, 15) is 35.8 Å². The number of hydrogen-bond acceptors (Lipinski definition) is 7. The second-order valence-electron chi connectivity index (χ2n) is 6.43. The zero-order chi connectivity index (χ0) is 26.6. The third-order valence-electron chi connectivity index (χ3n) is 4.07. The van der Waals surface area contributed by atoms with Gasteiger partial charge in [-0.15, -0.1) is 0 Å². The quantitative estimate of drug-likeness (QED) is 0.240. The number of methoxy groups -OCH3 is 1. The van der Waals surface area contributed by atoms with E-state index in [0.29, 0.717) is 16.8 Å². The zero-order valence-electron chi connectivity index (χ0n) is 17.4. The highest BCUT2D eigenvalue weighted by Crippen LogP contribution is 2.42. The number of anilines is 1. The van der Waals surface area contributed by atoms with Crippen molar-refractivity contribution in [2.45, 2.75) is 23.0 Å². The lowest BCUT2D eigenvalue weighted by atomic mass is 10.2. The van der Waals surface area contributed by atoms with Gasteiger partial charge in [0, 0.05) is 7.11 Å². The number of nitriles is 2. The minimum absolute atomic E-state index is 0.0819. The van der Waals surface area contributed by atoms with Gasteiger partial charge in [0.05, 0.1) is 34.7 Å². The SMILES string of the molecule is COCN(COCCC#N)c1c(S(=O)C(F)(F)F)c(C#N)nn1-c1c(Cl)cc(C(F)(F)F)cc1Cl. The van der Waals surface area contributed by atoms with Crippen molar-refractivity contribution < 1.29 is 40.0 Å². The summed E-state index contributed by atoms with van der Waals surface area (Å²) in [5, 5.41) is 20.4. The van der Waals surface area contributed by atoms with Gasteiger partial charge >= 0.3 is 11.7 Å². The fraction of sp³-hybridized carbons (Fsp3) is 0.389. The Bertz CT molecular complexity index is 1170. The molecule has 0 saturated heterocycles. The third-order valence-corrected chi connectivity index (χ3v) is 5.81. The second kappa shape index (κ2) is 11.5. The molecule has 190 valence electrons. The number of aromatic nitrogens is 2. The Morgan fingerprint density at radius 2 is 1.74 bits per heavy atom. The number of benzene rings is 1. The van der Waals surface area contributed by atoms with Gasteiger partial charge in [-0.3, -0.25) is 0 Å². The van der Waals surface area contributed by atoms with E-state index in [1.807, 2.05) is 0 Å². The molecule has 0 saturated carbocycles. The van der Waals surface area contributed by atoms with Crippen molar-refractivity contribution in [2.24, 2.45) is 0 Å².